The van der Waals surface area contributed by atoms with Crippen molar-refractivity contribution >= 4 is 0 Å². The van der Waals surface area contributed by atoms with Crippen LogP contribution >= 0.6 is 0 Å². The highest BCUT2D eigenvalue weighted by Crippen LogP contribution is 1.99. The lowest BCUT2D eigenvalue weighted by Gasteiger charge is -1.99. The first-order chi connectivity index (χ1) is 4.88. The molecule has 0 spiro atoms. The third kappa shape index (κ3) is 1.29. The van der Waals surface area contributed by atoms with Crippen LogP contribution in [-0.2, 0) is 13.1 Å². The Morgan fingerprint density at radius 2 is 2.10 bits per heavy atom. The quantitative estimate of drug-likeness (QED) is 0.571. The summed E-state index contributed by atoms with van der Waals surface area (Å²) >= 11 is 0. The van der Waals surface area contributed by atoms with Gasteiger partial charge < -0.3 is 11.5 Å². The summed E-state index contributed by atoms with van der Waals surface area (Å²) in [5, 5.41) is 7.49. The fourth-order valence-electron chi connectivity index (χ4n) is 0.745. The summed E-state index contributed by atoms with van der Waals surface area (Å²) in [4.78, 5) is 0. The van der Waals surface area contributed by atoms with Gasteiger partial charge in [-0.05, 0) is 11.6 Å². The molecule has 54 valence electrons. The Morgan fingerprint density at radius 3 is 2.60 bits per heavy atom. The van der Waals surface area contributed by atoms with Gasteiger partial charge in [0.05, 0.1) is 5.69 Å². The SMILES string of the molecule is NCc1ccnnc1CN. The highest BCUT2D eigenvalue weighted by molar-refractivity contribution is 5.16. The second-order valence-corrected chi connectivity index (χ2v) is 1.91. The zero-order chi connectivity index (χ0) is 7.40. The fraction of sp³-hybridized carbons (Fsp3) is 0.333. The number of hydrogen-bond acceptors (Lipinski definition) is 4. The molecule has 1 rings (SSSR count). The van der Waals surface area contributed by atoms with Crippen molar-refractivity contribution in [3.05, 3.63) is 23.5 Å². The van der Waals surface area contributed by atoms with Crippen molar-refractivity contribution in [3.8, 4) is 0 Å². The molecule has 0 radical (unpaired) electrons. The van der Waals surface area contributed by atoms with Crippen molar-refractivity contribution in [2.75, 3.05) is 0 Å². The van der Waals surface area contributed by atoms with Gasteiger partial charge in [-0.15, -0.1) is 0 Å². The van der Waals surface area contributed by atoms with E-state index in [0.717, 1.165) is 11.3 Å². The van der Waals surface area contributed by atoms with E-state index in [-0.39, 0.29) is 0 Å². The molecule has 0 bridgehead atoms. The van der Waals surface area contributed by atoms with Crippen molar-refractivity contribution in [3.63, 3.8) is 0 Å². The van der Waals surface area contributed by atoms with Gasteiger partial charge in [0.15, 0.2) is 0 Å². The van der Waals surface area contributed by atoms with Crippen LogP contribution in [-0.4, -0.2) is 10.2 Å². The summed E-state index contributed by atoms with van der Waals surface area (Å²) in [6.07, 6.45) is 1.61. The Hall–Kier alpha value is -1.00. The van der Waals surface area contributed by atoms with Gasteiger partial charge in [-0.3, -0.25) is 0 Å². The number of aromatic nitrogens is 2. The summed E-state index contributed by atoms with van der Waals surface area (Å²) in [5.41, 5.74) is 12.5. The van der Waals surface area contributed by atoms with E-state index >= 15 is 0 Å². The van der Waals surface area contributed by atoms with Gasteiger partial charge in [-0.2, -0.15) is 10.2 Å². The Bertz CT molecular complexity index is 188. The van der Waals surface area contributed by atoms with E-state index in [1.165, 1.54) is 0 Å². The second-order valence-electron chi connectivity index (χ2n) is 1.91. The van der Waals surface area contributed by atoms with Crippen LogP contribution < -0.4 is 11.5 Å². The highest BCUT2D eigenvalue weighted by atomic mass is 15.1. The van der Waals surface area contributed by atoms with E-state index in [4.69, 9.17) is 11.5 Å². The minimum atomic E-state index is 0.403. The van der Waals surface area contributed by atoms with Crippen LogP contribution in [0.4, 0.5) is 0 Å². The molecular weight excluding hydrogens is 128 g/mol. The van der Waals surface area contributed by atoms with Crippen molar-refractivity contribution in [2.24, 2.45) is 11.5 Å². The summed E-state index contributed by atoms with van der Waals surface area (Å²) in [6, 6.07) is 1.83. The first-order valence-electron chi connectivity index (χ1n) is 3.08. The molecule has 1 aromatic heterocycles. The molecule has 4 nitrogen and oxygen atoms in total. The molecule has 0 aliphatic rings. The van der Waals surface area contributed by atoms with Gasteiger partial charge in [0.25, 0.3) is 0 Å². The van der Waals surface area contributed by atoms with Gasteiger partial charge in [-0.25, -0.2) is 0 Å². The lowest BCUT2D eigenvalue weighted by molar-refractivity contribution is 0.853. The van der Waals surface area contributed by atoms with Crippen molar-refractivity contribution in [1.82, 2.24) is 10.2 Å². The monoisotopic (exact) mass is 138 g/mol. The van der Waals surface area contributed by atoms with Gasteiger partial charge in [0.1, 0.15) is 0 Å². The summed E-state index contributed by atoms with van der Waals surface area (Å²) in [6.45, 7) is 0.877. The first kappa shape index (κ1) is 7.11. The number of rotatable bonds is 2. The number of hydrogen-bond donors (Lipinski definition) is 2. The predicted molar refractivity (Wildman–Crippen MR) is 37.8 cm³/mol. The van der Waals surface area contributed by atoms with Crippen LogP contribution in [0.3, 0.4) is 0 Å². The molecule has 0 amide bonds. The molecular formula is C6H10N4. The molecule has 1 heterocycles. The van der Waals surface area contributed by atoms with Crippen LogP contribution in [0.5, 0.6) is 0 Å². The smallest absolute Gasteiger partial charge is 0.0811 e. The maximum absolute atomic E-state index is 5.40. The lowest BCUT2D eigenvalue weighted by atomic mass is 10.2. The van der Waals surface area contributed by atoms with Gasteiger partial charge >= 0.3 is 0 Å². The molecule has 0 aliphatic heterocycles. The largest absolute Gasteiger partial charge is 0.326 e. The predicted octanol–water partition coefficient (Wildman–Crippen LogP) is -0.606. The van der Waals surface area contributed by atoms with E-state index in [1.807, 2.05) is 6.07 Å². The standard InChI is InChI=1S/C6H10N4/c7-3-5-1-2-9-10-6(5)4-8/h1-2H,3-4,7-8H2. The molecule has 0 unspecified atom stereocenters. The molecule has 0 saturated heterocycles. The average Bonchev–Trinajstić information content (AvgIpc) is 2.04. The zero-order valence-electron chi connectivity index (χ0n) is 5.62. The molecule has 10 heavy (non-hydrogen) atoms. The molecule has 0 aromatic carbocycles. The van der Waals surface area contributed by atoms with E-state index in [1.54, 1.807) is 6.20 Å². The van der Waals surface area contributed by atoms with Crippen LogP contribution in [0, 0.1) is 0 Å². The maximum Gasteiger partial charge on any atom is 0.0811 e. The minimum absolute atomic E-state index is 0.403. The maximum atomic E-state index is 5.40. The van der Waals surface area contributed by atoms with Crippen LogP contribution in [0.15, 0.2) is 12.3 Å². The van der Waals surface area contributed by atoms with Crippen LogP contribution in [0.1, 0.15) is 11.3 Å². The molecule has 0 saturated carbocycles. The Labute approximate surface area is 59.2 Å². The van der Waals surface area contributed by atoms with Crippen molar-refractivity contribution in [2.45, 2.75) is 13.1 Å². The third-order valence-electron chi connectivity index (χ3n) is 1.30. The number of nitrogens with zero attached hydrogens (tertiary/aromatic N) is 2. The molecule has 4 heteroatoms. The van der Waals surface area contributed by atoms with Gasteiger partial charge in [0.2, 0.25) is 0 Å². The van der Waals surface area contributed by atoms with Crippen molar-refractivity contribution in [1.29, 1.82) is 0 Å². The highest BCUT2D eigenvalue weighted by Gasteiger charge is 1.97. The summed E-state index contributed by atoms with van der Waals surface area (Å²) in [7, 11) is 0. The van der Waals surface area contributed by atoms with Gasteiger partial charge in [0, 0.05) is 19.3 Å². The van der Waals surface area contributed by atoms with Gasteiger partial charge in [-0.1, -0.05) is 0 Å². The van der Waals surface area contributed by atoms with E-state index in [0.29, 0.717) is 13.1 Å². The first-order valence-corrected chi connectivity index (χ1v) is 3.08. The van der Waals surface area contributed by atoms with Crippen LogP contribution in [0.2, 0.25) is 0 Å². The second kappa shape index (κ2) is 3.24. The molecule has 0 aliphatic carbocycles. The molecule has 0 fully saturated rings. The third-order valence-corrected chi connectivity index (χ3v) is 1.30. The van der Waals surface area contributed by atoms with E-state index in [9.17, 15) is 0 Å². The molecule has 4 N–H and O–H groups in total. The molecule has 0 atom stereocenters. The normalized spacial score (nSPS) is 9.80. The Balaban J connectivity index is 2.96. The summed E-state index contributed by atoms with van der Waals surface area (Å²) in [5.74, 6) is 0. The lowest BCUT2D eigenvalue weighted by Crippen LogP contribution is -2.08. The van der Waals surface area contributed by atoms with E-state index < -0.39 is 0 Å². The van der Waals surface area contributed by atoms with Crippen molar-refractivity contribution < 1.29 is 0 Å². The fourth-order valence-corrected chi connectivity index (χ4v) is 0.745. The number of nitrogens with two attached hydrogens (primary N) is 2. The minimum Gasteiger partial charge on any atom is -0.326 e. The Kier molecular flexibility index (Phi) is 2.30. The average molecular weight is 138 g/mol. The Morgan fingerprint density at radius 1 is 1.30 bits per heavy atom. The van der Waals surface area contributed by atoms with Crippen LogP contribution in [0.25, 0.3) is 0 Å². The zero-order valence-corrected chi connectivity index (χ0v) is 5.62. The summed E-state index contributed by atoms with van der Waals surface area (Å²) < 4.78 is 0. The molecule has 1 aromatic rings. The van der Waals surface area contributed by atoms with E-state index in [2.05, 4.69) is 10.2 Å². The topological polar surface area (TPSA) is 77.8 Å².